The molecule has 0 saturated heterocycles. The normalized spacial score (nSPS) is 13.3. The predicted octanol–water partition coefficient (Wildman–Crippen LogP) is 5.61. The van der Waals surface area contributed by atoms with Gasteiger partial charge in [-0.15, -0.1) is 0 Å². The molecule has 0 heterocycles. The summed E-state index contributed by atoms with van der Waals surface area (Å²) in [6.07, 6.45) is 6.38. The van der Waals surface area contributed by atoms with Crippen LogP contribution in [0, 0.1) is 5.92 Å². The van der Waals surface area contributed by atoms with E-state index in [0.717, 1.165) is 32.1 Å². The maximum Gasteiger partial charge on any atom is 0.321 e. The average Bonchev–Trinajstić information content (AvgIpc) is 2.87. The zero-order valence-electron chi connectivity index (χ0n) is 24.3. The predicted molar refractivity (Wildman–Crippen MR) is 149 cm³/mol. The molecule has 9 heteroatoms. The molecule has 0 amide bonds. The Morgan fingerprint density at radius 1 is 0.846 bits per heavy atom. The summed E-state index contributed by atoms with van der Waals surface area (Å²) in [5, 5.41) is 12.7. The fraction of sp³-hybridized carbons (Fsp3) is 0.667. The number of esters is 3. The summed E-state index contributed by atoms with van der Waals surface area (Å²) in [4.78, 5) is 48.7. The molecule has 1 rings (SSSR count). The molecular weight excluding hydrogens is 502 g/mol. The summed E-state index contributed by atoms with van der Waals surface area (Å²) >= 11 is 0. The minimum atomic E-state index is -1.07. The number of unbranched alkanes of at least 4 members (excludes halogenated alkanes) is 4. The smallest absolute Gasteiger partial charge is 0.321 e. The number of hydrogen-bond acceptors (Lipinski definition) is 8. The summed E-state index contributed by atoms with van der Waals surface area (Å²) < 4.78 is 16.4. The molecular formula is C30H47NO8. The third-order valence-corrected chi connectivity index (χ3v) is 6.36. The van der Waals surface area contributed by atoms with Crippen LogP contribution in [0.25, 0.3) is 0 Å². The number of aliphatic carboxylic acids is 1. The van der Waals surface area contributed by atoms with Crippen LogP contribution in [0.2, 0.25) is 0 Å². The molecule has 220 valence electrons. The Labute approximate surface area is 233 Å². The number of carbonyl (C=O) groups excluding carboxylic acids is 3. The van der Waals surface area contributed by atoms with Crippen molar-refractivity contribution in [2.24, 2.45) is 5.92 Å². The number of carbonyl (C=O) groups is 4. The van der Waals surface area contributed by atoms with E-state index in [1.807, 2.05) is 27.7 Å². The fourth-order valence-electron chi connectivity index (χ4n) is 3.76. The number of hydrogen-bond donors (Lipinski definition) is 2. The van der Waals surface area contributed by atoms with Crippen molar-refractivity contribution in [2.75, 3.05) is 6.54 Å². The second-order valence-electron chi connectivity index (χ2n) is 10.2. The first-order chi connectivity index (χ1) is 18.6. The topological polar surface area (TPSA) is 128 Å². The first kappa shape index (κ1) is 34.1. The lowest BCUT2D eigenvalue weighted by Crippen LogP contribution is -2.42. The molecule has 2 N–H and O–H groups in total. The number of carboxylic acids is 1. The molecule has 0 aliphatic carbocycles. The second kappa shape index (κ2) is 19.2. The molecule has 2 unspecified atom stereocenters. The Bertz CT molecular complexity index is 916. The van der Waals surface area contributed by atoms with Crippen LogP contribution in [0.5, 0.6) is 11.5 Å². The van der Waals surface area contributed by atoms with Crippen molar-refractivity contribution in [1.82, 2.24) is 5.32 Å². The lowest BCUT2D eigenvalue weighted by molar-refractivity contribution is -0.149. The third kappa shape index (κ3) is 14.7. The first-order valence-electron chi connectivity index (χ1n) is 14.3. The van der Waals surface area contributed by atoms with Gasteiger partial charge in [0.1, 0.15) is 12.1 Å². The lowest BCUT2D eigenvalue weighted by Gasteiger charge is -2.20. The van der Waals surface area contributed by atoms with Crippen molar-refractivity contribution < 1.29 is 38.5 Å². The number of nitrogens with one attached hydrogen (secondary N) is 1. The SMILES string of the molecule is CCCCCC(=O)Oc1ccc(C[C@H](NCC(C)OC(=O)CC(C)CC)C(=O)O)cc1OC(=O)CCCCC. The highest BCUT2D eigenvalue weighted by Gasteiger charge is 2.22. The highest BCUT2D eigenvalue weighted by molar-refractivity contribution is 5.77. The van der Waals surface area contributed by atoms with Gasteiger partial charge in [0.25, 0.3) is 0 Å². The molecule has 1 aromatic rings. The summed E-state index contributed by atoms with van der Waals surface area (Å²) in [7, 11) is 0. The van der Waals surface area contributed by atoms with E-state index in [1.165, 1.54) is 6.07 Å². The molecule has 1 aromatic carbocycles. The van der Waals surface area contributed by atoms with E-state index in [2.05, 4.69) is 5.32 Å². The van der Waals surface area contributed by atoms with E-state index in [1.54, 1.807) is 19.1 Å². The largest absolute Gasteiger partial charge is 0.480 e. The Hall–Kier alpha value is -2.94. The maximum atomic E-state index is 12.4. The number of ether oxygens (including phenoxy) is 3. The van der Waals surface area contributed by atoms with Gasteiger partial charge in [0.2, 0.25) is 0 Å². The molecule has 0 aliphatic heterocycles. The molecule has 0 spiro atoms. The quantitative estimate of drug-likeness (QED) is 0.121. The van der Waals surface area contributed by atoms with Crippen LogP contribution in [0.1, 0.15) is 104 Å². The molecule has 3 atom stereocenters. The summed E-state index contributed by atoms with van der Waals surface area (Å²) in [5.41, 5.74) is 0.582. The zero-order chi connectivity index (χ0) is 29.2. The van der Waals surface area contributed by atoms with Gasteiger partial charge in [-0.3, -0.25) is 19.2 Å². The van der Waals surface area contributed by atoms with Gasteiger partial charge in [-0.05, 0) is 49.8 Å². The zero-order valence-corrected chi connectivity index (χ0v) is 24.3. The first-order valence-corrected chi connectivity index (χ1v) is 14.3. The van der Waals surface area contributed by atoms with Crippen LogP contribution < -0.4 is 14.8 Å². The molecule has 39 heavy (non-hydrogen) atoms. The summed E-state index contributed by atoms with van der Waals surface area (Å²) in [6, 6.07) is 3.74. The monoisotopic (exact) mass is 549 g/mol. The minimum Gasteiger partial charge on any atom is -0.480 e. The molecule has 0 aliphatic rings. The lowest BCUT2D eigenvalue weighted by atomic mass is 10.0. The third-order valence-electron chi connectivity index (χ3n) is 6.36. The van der Waals surface area contributed by atoms with Gasteiger partial charge in [0.15, 0.2) is 11.5 Å². The van der Waals surface area contributed by atoms with Gasteiger partial charge >= 0.3 is 23.9 Å². The molecule has 0 aromatic heterocycles. The van der Waals surface area contributed by atoms with Gasteiger partial charge < -0.3 is 24.6 Å². The highest BCUT2D eigenvalue weighted by atomic mass is 16.6. The van der Waals surface area contributed by atoms with Gasteiger partial charge in [0.05, 0.1) is 0 Å². The van der Waals surface area contributed by atoms with Gasteiger partial charge in [-0.1, -0.05) is 65.9 Å². The second-order valence-corrected chi connectivity index (χ2v) is 10.2. The molecule has 0 fully saturated rings. The van der Waals surface area contributed by atoms with E-state index in [9.17, 15) is 24.3 Å². The van der Waals surface area contributed by atoms with Crippen LogP contribution in [0.15, 0.2) is 18.2 Å². The van der Waals surface area contributed by atoms with Crippen LogP contribution >= 0.6 is 0 Å². The molecule has 0 radical (unpaired) electrons. The maximum absolute atomic E-state index is 12.4. The van der Waals surface area contributed by atoms with Gasteiger partial charge in [-0.2, -0.15) is 0 Å². The van der Waals surface area contributed by atoms with E-state index in [4.69, 9.17) is 14.2 Å². The minimum absolute atomic E-state index is 0.0774. The molecule has 0 bridgehead atoms. The van der Waals surface area contributed by atoms with Crippen molar-refractivity contribution >= 4 is 23.9 Å². The van der Waals surface area contributed by atoms with E-state index < -0.39 is 30.1 Å². The van der Waals surface area contributed by atoms with E-state index in [-0.39, 0.29) is 49.2 Å². The van der Waals surface area contributed by atoms with Crippen LogP contribution in [0.3, 0.4) is 0 Å². The van der Waals surface area contributed by atoms with E-state index >= 15 is 0 Å². The van der Waals surface area contributed by atoms with Crippen molar-refractivity contribution in [1.29, 1.82) is 0 Å². The Morgan fingerprint density at radius 2 is 1.44 bits per heavy atom. The molecule has 0 saturated carbocycles. The van der Waals surface area contributed by atoms with Gasteiger partial charge in [-0.25, -0.2) is 0 Å². The Kier molecular flexibility index (Phi) is 16.8. The number of carboxylic acid groups (broad SMARTS) is 1. The van der Waals surface area contributed by atoms with Crippen molar-refractivity contribution in [2.45, 2.75) is 117 Å². The Morgan fingerprint density at radius 3 is 1.97 bits per heavy atom. The summed E-state index contributed by atoms with van der Waals surface area (Å²) in [6.45, 7) is 9.93. The van der Waals surface area contributed by atoms with Crippen molar-refractivity contribution in [3.05, 3.63) is 23.8 Å². The standard InChI is InChI=1S/C30H47NO8/c1-6-9-11-13-27(32)38-25-16-15-23(19-26(25)39-28(33)14-12-10-7-2)18-24(30(35)36)31-20-22(5)37-29(34)17-21(4)8-3/h15-16,19,21-22,24,31H,6-14,17-18,20H2,1-5H3,(H,35,36)/t21?,22?,24-/m0/s1. The van der Waals surface area contributed by atoms with Crippen molar-refractivity contribution in [3.8, 4) is 11.5 Å². The van der Waals surface area contributed by atoms with Crippen molar-refractivity contribution in [3.63, 3.8) is 0 Å². The van der Waals surface area contributed by atoms with Crippen LogP contribution in [-0.2, 0) is 30.3 Å². The number of rotatable bonds is 20. The fourth-order valence-corrected chi connectivity index (χ4v) is 3.76. The summed E-state index contributed by atoms with van der Waals surface area (Å²) in [5.74, 6) is -1.79. The molecule has 9 nitrogen and oxygen atoms in total. The van der Waals surface area contributed by atoms with Crippen LogP contribution in [0.4, 0.5) is 0 Å². The highest BCUT2D eigenvalue weighted by Crippen LogP contribution is 2.30. The van der Waals surface area contributed by atoms with E-state index in [0.29, 0.717) is 24.8 Å². The van der Waals surface area contributed by atoms with Gasteiger partial charge in [0, 0.05) is 25.8 Å². The Balaban J connectivity index is 2.93. The average molecular weight is 550 g/mol. The number of benzene rings is 1. The van der Waals surface area contributed by atoms with Crippen LogP contribution in [-0.4, -0.2) is 47.7 Å².